The zero-order valence-electron chi connectivity index (χ0n) is 8.56. The van der Waals surface area contributed by atoms with E-state index in [1.54, 1.807) is 11.3 Å². The van der Waals surface area contributed by atoms with Crippen LogP contribution >= 0.6 is 11.3 Å². The Morgan fingerprint density at radius 2 is 2.40 bits per heavy atom. The van der Waals surface area contributed by atoms with Crippen LogP contribution in [0.15, 0.2) is 5.38 Å². The van der Waals surface area contributed by atoms with Crippen LogP contribution in [0.25, 0.3) is 0 Å². The molecule has 1 aromatic rings. The second kappa shape index (κ2) is 3.54. The van der Waals surface area contributed by atoms with Gasteiger partial charge in [0, 0.05) is 17.3 Å². The summed E-state index contributed by atoms with van der Waals surface area (Å²) in [6.07, 6.45) is 1.11. The summed E-state index contributed by atoms with van der Waals surface area (Å²) in [7, 11) is -2.92. The fourth-order valence-electron chi connectivity index (χ4n) is 1.93. The van der Waals surface area contributed by atoms with Crippen LogP contribution in [-0.2, 0) is 16.3 Å². The van der Waals surface area contributed by atoms with Crippen molar-refractivity contribution in [2.75, 3.05) is 11.5 Å². The highest BCUT2D eigenvalue weighted by Gasteiger charge is 2.39. The molecule has 1 aliphatic heterocycles. The molecule has 1 saturated heterocycles. The molecule has 0 saturated carbocycles. The van der Waals surface area contributed by atoms with E-state index in [0.29, 0.717) is 12.8 Å². The lowest BCUT2D eigenvalue weighted by Crippen LogP contribution is -2.43. The molecule has 1 aromatic heterocycles. The molecule has 4 nitrogen and oxygen atoms in total. The van der Waals surface area contributed by atoms with Crippen LogP contribution in [0, 0.1) is 6.92 Å². The van der Waals surface area contributed by atoms with E-state index in [0.717, 1.165) is 10.7 Å². The van der Waals surface area contributed by atoms with Crippen molar-refractivity contribution in [2.45, 2.75) is 25.3 Å². The van der Waals surface area contributed by atoms with E-state index in [-0.39, 0.29) is 11.5 Å². The summed E-state index contributed by atoms with van der Waals surface area (Å²) in [4.78, 5) is 4.31. The second-order valence-corrected chi connectivity index (χ2v) is 7.49. The molecule has 2 rings (SSSR count). The topological polar surface area (TPSA) is 73.0 Å². The van der Waals surface area contributed by atoms with Gasteiger partial charge in [-0.25, -0.2) is 13.4 Å². The van der Waals surface area contributed by atoms with Crippen LogP contribution in [0.3, 0.4) is 0 Å². The number of nitrogens with zero attached hydrogens (tertiary/aromatic N) is 1. The molecule has 84 valence electrons. The van der Waals surface area contributed by atoms with E-state index >= 15 is 0 Å². The number of rotatable bonds is 2. The average Bonchev–Trinajstić information content (AvgIpc) is 2.57. The van der Waals surface area contributed by atoms with Crippen LogP contribution in [-0.4, -0.2) is 30.4 Å². The predicted octanol–water partition coefficient (Wildman–Crippen LogP) is 0.510. The Labute approximate surface area is 93.4 Å². The minimum absolute atomic E-state index is 0.0938. The van der Waals surface area contributed by atoms with E-state index in [4.69, 9.17) is 5.73 Å². The van der Waals surface area contributed by atoms with E-state index in [9.17, 15) is 8.42 Å². The van der Waals surface area contributed by atoms with Crippen molar-refractivity contribution in [3.63, 3.8) is 0 Å². The molecule has 1 atom stereocenters. The molecule has 6 heteroatoms. The normalized spacial score (nSPS) is 29.5. The van der Waals surface area contributed by atoms with Crippen LogP contribution in [0.4, 0.5) is 0 Å². The molecule has 0 aliphatic carbocycles. The summed E-state index contributed by atoms with van der Waals surface area (Å²) in [6.45, 7) is 1.93. The predicted molar refractivity (Wildman–Crippen MR) is 60.7 cm³/mol. The number of aromatic nitrogens is 1. The monoisotopic (exact) mass is 246 g/mol. The van der Waals surface area contributed by atoms with Gasteiger partial charge in [0.15, 0.2) is 9.84 Å². The van der Waals surface area contributed by atoms with Gasteiger partial charge in [0.2, 0.25) is 0 Å². The Balaban J connectivity index is 2.13. The Bertz CT molecular complexity index is 466. The molecule has 2 heterocycles. The van der Waals surface area contributed by atoms with Gasteiger partial charge in [0.05, 0.1) is 22.2 Å². The van der Waals surface area contributed by atoms with Crippen LogP contribution in [0.1, 0.15) is 17.1 Å². The first-order valence-electron chi connectivity index (χ1n) is 4.79. The highest BCUT2D eigenvalue weighted by atomic mass is 32.2. The second-order valence-electron chi connectivity index (χ2n) is 4.24. The van der Waals surface area contributed by atoms with Gasteiger partial charge in [-0.05, 0) is 13.3 Å². The number of sulfone groups is 1. The SMILES string of the molecule is Cc1nc(CC2(N)CCS(=O)(=O)C2)cs1. The van der Waals surface area contributed by atoms with Gasteiger partial charge < -0.3 is 5.73 Å². The first kappa shape index (κ1) is 11.0. The molecule has 0 aromatic carbocycles. The van der Waals surface area contributed by atoms with Crippen molar-refractivity contribution >= 4 is 21.2 Å². The summed E-state index contributed by atoms with van der Waals surface area (Å²) in [6, 6.07) is 0. The fourth-order valence-corrected chi connectivity index (χ4v) is 4.53. The summed E-state index contributed by atoms with van der Waals surface area (Å²) in [5.41, 5.74) is 6.38. The van der Waals surface area contributed by atoms with Crippen LogP contribution < -0.4 is 5.73 Å². The largest absolute Gasteiger partial charge is 0.324 e. The molecule has 0 bridgehead atoms. The van der Waals surface area contributed by atoms with E-state index < -0.39 is 15.4 Å². The van der Waals surface area contributed by atoms with Crippen molar-refractivity contribution in [2.24, 2.45) is 5.73 Å². The van der Waals surface area contributed by atoms with Gasteiger partial charge in [-0.1, -0.05) is 0 Å². The first-order chi connectivity index (χ1) is 6.89. The van der Waals surface area contributed by atoms with Crippen molar-refractivity contribution in [3.05, 3.63) is 16.1 Å². The van der Waals surface area contributed by atoms with Crippen molar-refractivity contribution in [1.29, 1.82) is 0 Å². The fraction of sp³-hybridized carbons (Fsp3) is 0.667. The molecule has 0 spiro atoms. The maximum Gasteiger partial charge on any atom is 0.152 e. The number of nitrogens with two attached hydrogens (primary N) is 1. The minimum Gasteiger partial charge on any atom is -0.324 e. The van der Waals surface area contributed by atoms with Crippen LogP contribution in [0.5, 0.6) is 0 Å². The molecular weight excluding hydrogens is 232 g/mol. The third-order valence-corrected chi connectivity index (χ3v) is 5.28. The van der Waals surface area contributed by atoms with Gasteiger partial charge in [0.25, 0.3) is 0 Å². The number of thiazole rings is 1. The van der Waals surface area contributed by atoms with E-state index in [1.807, 2.05) is 12.3 Å². The number of hydrogen-bond donors (Lipinski definition) is 1. The molecule has 1 unspecified atom stereocenters. The molecule has 1 fully saturated rings. The zero-order chi connectivity index (χ0) is 11.1. The molecule has 15 heavy (non-hydrogen) atoms. The lowest BCUT2D eigenvalue weighted by Gasteiger charge is -2.20. The smallest absolute Gasteiger partial charge is 0.152 e. The van der Waals surface area contributed by atoms with Gasteiger partial charge in [0.1, 0.15) is 0 Å². The number of hydrogen-bond acceptors (Lipinski definition) is 5. The number of aryl methyl sites for hydroxylation is 1. The molecular formula is C9H14N2O2S2. The Kier molecular flexibility index (Phi) is 2.60. The van der Waals surface area contributed by atoms with Gasteiger partial charge in [-0.2, -0.15) is 0 Å². The Morgan fingerprint density at radius 1 is 1.67 bits per heavy atom. The highest BCUT2D eigenvalue weighted by molar-refractivity contribution is 7.91. The third kappa shape index (κ3) is 2.56. The molecule has 0 amide bonds. The minimum atomic E-state index is -2.92. The van der Waals surface area contributed by atoms with Gasteiger partial charge in [-0.15, -0.1) is 11.3 Å². The molecule has 0 radical (unpaired) electrons. The molecule has 2 N–H and O–H groups in total. The quantitative estimate of drug-likeness (QED) is 0.825. The van der Waals surface area contributed by atoms with Crippen molar-refractivity contribution < 1.29 is 8.42 Å². The first-order valence-corrected chi connectivity index (χ1v) is 7.49. The maximum atomic E-state index is 11.3. The summed E-state index contributed by atoms with van der Waals surface area (Å²) >= 11 is 1.57. The zero-order valence-corrected chi connectivity index (χ0v) is 10.2. The van der Waals surface area contributed by atoms with Crippen molar-refractivity contribution in [3.8, 4) is 0 Å². The van der Waals surface area contributed by atoms with Gasteiger partial charge in [-0.3, -0.25) is 0 Å². The van der Waals surface area contributed by atoms with Crippen LogP contribution in [0.2, 0.25) is 0 Å². The lowest BCUT2D eigenvalue weighted by atomic mass is 9.95. The maximum absolute atomic E-state index is 11.3. The molecule has 1 aliphatic rings. The summed E-state index contributed by atoms with van der Waals surface area (Å²) in [5.74, 6) is 0.309. The summed E-state index contributed by atoms with van der Waals surface area (Å²) in [5, 5.41) is 2.95. The standard InChI is InChI=1S/C9H14N2O2S2/c1-7-11-8(5-14-7)4-9(10)2-3-15(12,13)6-9/h5H,2-4,6,10H2,1H3. The Morgan fingerprint density at radius 3 is 2.87 bits per heavy atom. The highest BCUT2D eigenvalue weighted by Crippen LogP contribution is 2.25. The Hall–Kier alpha value is -0.460. The van der Waals surface area contributed by atoms with E-state index in [1.165, 1.54) is 0 Å². The van der Waals surface area contributed by atoms with E-state index in [2.05, 4.69) is 4.98 Å². The third-order valence-electron chi connectivity index (χ3n) is 2.62. The lowest BCUT2D eigenvalue weighted by molar-refractivity contribution is 0.472. The average molecular weight is 246 g/mol. The van der Waals surface area contributed by atoms with Crippen molar-refractivity contribution in [1.82, 2.24) is 4.98 Å². The van der Waals surface area contributed by atoms with Gasteiger partial charge >= 0.3 is 0 Å². The summed E-state index contributed by atoms with van der Waals surface area (Å²) < 4.78 is 22.7.